The molecule has 0 aliphatic heterocycles. The Hall–Kier alpha value is -1.51. The molecule has 2 rings (SSSR count). The van der Waals surface area contributed by atoms with Gasteiger partial charge >= 0.3 is 0 Å². The number of oxime groups is 1. The van der Waals surface area contributed by atoms with Crippen molar-refractivity contribution in [3.05, 3.63) is 28.3 Å². The number of hydrogen-bond donors (Lipinski definition) is 1. The largest absolute Gasteiger partial charge is 0.508 e. The number of rotatable bonds is 1. The molecule has 0 heterocycles. The highest BCUT2D eigenvalue weighted by Crippen LogP contribution is 2.33. The molecule has 1 aliphatic carbocycles. The monoisotopic (exact) mass is 205 g/mol. The van der Waals surface area contributed by atoms with E-state index in [2.05, 4.69) is 5.16 Å². The van der Waals surface area contributed by atoms with Crippen molar-refractivity contribution in [3.63, 3.8) is 0 Å². The van der Waals surface area contributed by atoms with Gasteiger partial charge in [0, 0.05) is 5.56 Å². The minimum Gasteiger partial charge on any atom is -0.508 e. The molecular weight excluding hydrogens is 190 g/mol. The van der Waals surface area contributed by atoms with Gasteiger partial charge in [-0.05, 0) is 49.4 Å². The molecule has 0 bridgehead atoms. The summed E-state index contributed by atoms with van der Waals surface area (Å²) >= 11 is 0. The second-order valence-electron chi connectivity index (χ2n) is 3.91. The zero-order valence-electron chi connectivity index (χ0n) is 9.29. The molecule has 3 nitrogen and oxygen atoms in total. The SMILES string of the molecule is CO/N=C1\CCc2c(C)c(O)cc(C)c21. The van der Waals surface area contributed by atoms with Crippen molar-refractivity contribution < 1.29 is 9.94 Å². The van der Waals surface area contributed by atoms with Gasteiger partial charge in [0.1, 0.15) is 12.9 Å². The third kappa shape index (κ3) is 1.48. The van der Waals surface area contributed by atoms with Gasteiger partial charge in [-0.15, -0.1) is 0 Å². The van der Waals surface area contributed by atoms with Gasteiger partial charge in [-0.3, -0.25) is 0 Å². The van der Waals surface area contributed by atoms with Crippen molar-refractivity contribution >= 4 is 5.71 Å². The van der Waals surface area contributed by atoms with Crippen LogP contribution in [0.15, 0.2) is 11.2 Å². The normalized spacial score (nSPS) is 16.9. The molecule has 0 atom stereocenters. The lowest BCUT2D eigenvalue weighted by Gasteiger charge is -2.09. The molecule has 1 N–H and O–H groups in total. The summed E-state index contributed by atoms with van der Waals surface area (Å²) in [6.45, 7) is 3.94. The van der Waals surface area contributed by atoms with E-state index in [-0.39, 0.29) is 0 Å². The number of aryl methyl sites for hydroxylation is 1. The van der Waals surface area contributed by atoms with Crippen LogP contribution in [0.1, 0.15) is 28.7 Å². The summed E-state index contributed by atoms with van der Waals surface area (Å²) < 4.78 is 0. The summed E-state index contributed by atoms with van der Waals surface area (Å²) in [5.74, 6) is 0.380. The predicted octanol–water partition coefficient (Wildman–Crippen LogP) is 2.31. The summed E-state index contributed by atoms with van der Waals surface area (Å²) in [6, 6.07) is 1.80. The van der Waals surface area contributed by atoms with Crippen LogP contribution in [0.25, 0.3) is 0 Å². The van der Waals surface area contributed by atoms with Crippen molar-refractivity contribution in [1.29, 1.82) is 0 Å². The molecule has 0 unspecified atom stereocenters. The highest BCUT2D eigenvalue weighted by atomic mass is 16.6. The molecule has 0 aromatic heterocycles. The van der Waals surface area contributed by atoms with Gasteiger partial charge in [0.15, 0.2) is 0 Å². The molecule has 0 spiro atoms. The van der Waals surface area contributed by atoms with E-state index in [9.17, 15) is 5.11 Å². The third-order valence-electron chi connectivity index (χ3n) is 2.99. The van der Waals surface area contributed by atoms with E-state index >= 15 is 0 Å². The second kappa shape index (κ2) is 3.57. The van der Waals surface area contributed by atoms with E-state index in [4.69, 9.17) is 4.84 Å². The van der Waals surface area contributed by atoms with Gasteiger partial charge in [0.25, 0.3) is 0 Å². The van der Waals surface area contributed by atoms with Gasteiger partial charge in [0.05, 0.1) is 5.71 Å². The Bertz CT molecular complexity index is 436. The van der Waals surface area contributed by atoms with Gasteiger partial charge in [-0.1, -0.05) is 5.16 Å². The number of benzene rings is 1. The van der Waals surface area contributed by atoms with Gasteiger partial charge in [0.2, 0.25) is 0 Å². The van der Waals surface area contributed by atoms with Crippen molar-refractivity contribution in [1.82, 2.24) is 0 Å². The number of hydrogen-bond acceptors (Lipinski definition) is 3. The first-order valence-corrected chi connectivity index (χ1v) is 5.07. The fourth-order valence-corrected chi connectivity index (χ4v) is 2.25. The number of phenolic OH excluding ortho intramolecular Hbond substituents is 1. The van der Waals surface area contributed by atoms with E-state index in [1.807, 2.05) is 13.8 Å². The maximum Gasteiger partial charge on any atom is 0.119 e. The number of phenols is 1. The van der Waals surface area contributed by atoms with Gasteiger partial charge in [-0.2, -0.15) is 0 Å². The van der Waals surface area contributed by atoms with E-state index < -0.39 is 0 Å². The zero-order valence-corrected chi connectivity index (χ0v) is 9.29. The highest BCUT2D eigenvalue weighted by Gasteiger charge is 2.23. The van der Waals surface area contributed by atoms with Gasteiger partial charge in [-0.25, -0.2) is 0 Å². The molecule has 1 aliphatic rings. The quantitative estimate of drug-likeness (QED) is 0.715. The predicted molar refractivity (Wildman–Crippen MR) is 59.4 cm³/mol. The minimum atomic E-state index is 0.380. The molecule has 1 aromatic carbocycles. The molecule has 1 aromatic rings. The Morgan fingerprint density at radius 1 is 1.33 bits per heavy atom. The average Bonchev–Trinajstić information content (AvgIpc) is 2.59. The standard InChI is InChI=1S/C12H15NO2/c1-7-6-11(14)8(2)9-4-5-10(12(7)9)13-15-3/h6,14H,4-5H2,1-3H3/b13-10+. The molecule has 0 amide bonds. The van der Waals surface area contributed by atoms with Crippen LogP contribution in [-0.4, -0.2) is 17.9 Å². The summed E-state index contributed by atoms with van der Waals surface area (Å²) in [7, 11) is 1.56. The lowest BCUT2D eigenvalue weighted by Crippen LogP contribution is -1.99. The number of nitrogens with zero attached hydrogens (tertiary/aromatic N) is 1. The van der Waals surface area contributed by atoms with Crippen LogP contribution in [-0.2, 0) is 11.3 Å². The van der Waals surface area contributed by atoms with E-state index in [1.165, 1.54) is 5.56 Å². The van der Waals surface area contributed by atoms with Crippen LogP contribution in [0.3, 0.4) is 0 Å². The summed E-state index contributed by atoms with van der Waals surface area (Å²) in [5, 5.41) is 13.7. The average molecular weight is 205 g/mol. The van der Waals surface area contributed by atoms with Crippen molar-refractivity contribution in [2.45, 2.75) is 26.7 Å². The fourth-order valence-electron chi connectivity index (χ4n) is 2.25. The zero-order chi connectivity index (χ0) is 11.0. The number of aromatic hydroxyl groups is 1. The van der Waals surface area contributed by atoms with Crippen LogP contribution in [0, 0.1) is 13.8 Å². The maximum atomic E-state index is 9.71. The van der Waals surface area contributed by atoms with Crippen molar-refractivity contribution in [2.24, 2.45) is 5.16 Å². The Kier molecular flexibility index (Phi) is 2.39. The fraction of sp³-hybridized carbons (Fsp3) is 0.417. The molecule has 3 heteroatoms. The first kappa shape index (κ1) is 10.0. The molecule has 0 saturated heterocycles. The van der Waals surface area contributed by atoms with E-state index in [0.717, 1.165) is 35.2 Å². The summed E-state index contributed by atoms with van der Waals surface area (Å²) in [5.41, 5.74) is 5.40. The van der Waals surface area contributed by atoms with Gasteiger partial charge < -0.3 is 9.94 Å². The van der Waals surface area contributed by atoms with Crippen molar-refractivity contribution in [2.75, 3.05) is 7.11 Å². The Balaban J connectivity index is 2.64. The molecule has 80 valence electrons. The molecule has 15 heavy (non-hydrogen) atoms. The maximum absolute atomic E-state index is 9.71. The topological polar surface area (TPSA) is 41.8 Å². The third-order valence-corrected chi connectivity index (χ3v) is 2.99. The molecular formula is C12H15NO2. The molecule has 0 fully saturated rings. The van der Waals surface area contributed by atoms with E-state index in [1.54, 1.807) is 13.2 Å². The van der Waals surface area contributed by atoms with Crippen LogP contribution in [0.5, 0.6) is 5.75 Å². The molecule has 0 saturated carbocycles. The Morgan fingerprint density at radius 3 is 2.73 bits per heavy atom. The van der Waals surface area contributed by atoms with Crippen LogP contribution in [0.2, 0.25) is 0 Å². The first-order valence-electron chi connectivity index (χ1n) is 5.07. The summed E-state index contributed by atoms with van der Waals surface area (Å²) in [4.78, 5) is 4.83. The van der Waals surface area contributed by atoms with Crippen molar-refractivity contribution in [3.8, 4) is 5.75 Å². The lowest BCUT2D eigenvalue weighted by molar-refractivity contribution is 0.213. The number of fused-ring (bicyclic) bond motifs is 1. The van der Waals surface area contributed by atoms with Crippen LogP contribution >= 0.6 is 0 Å². The lowest BCUT2D eigenvalue weighted by atomic mass is 9.98. The highest BCUT2D eigenvalue weighted by molar-refractivity contribution is 6.06. The smallest absolute Gasteiger partial charge is 0.119 e. The minimum absolute atomic E-state index is 0.380. The van der Waals surface area contributed by atoms with E-state index in [0.29, 0.717) is 5.75 Å². The van der Waals surface area contributed by atoms with Crippen LogP contribution in [0.4, 0.5) is 0 Å². The summed E-state index contributed by atoms with van der Waals surface area (Å²) in [6.07, 6.45) is 1.84. The Morgan fingerprint density at radius 2 is 2.07 bits per heavy atom. The molecule has 0 radical (unpaired) electrons. The van der Waals surface area contributed by atoms with Crippen LogP contribution < -0.4 is 0 Å². The second-order valence-corrected chi connectivity index (χ2v) is 3.91. The first-order chi connectivity index (χ1) is 7.15. The Labute approximate surface area is 89.4 Å².